The van der Waals surface area contributed by atoms with E-state index in [2.05, 4.69) is 5.32 Å². The second-order valence-electron chi connectivity index (χ2n) is 5.97. The fourth-order valence-corrected chi connectivity index (χ4v) is 2.88. The fourth-order valence-electron chi connectivity index (χ4n) is 2.88. The van der Waals surface area contributed by atoms with Crippen molar-refractivity contribution in [2.45, 2.75) is 13.0 Å². The van der Waals surface area contributed by atoms with Gasteiger partial charge in [0, 0.05) is 12.8 Å². The lowest BCUT2D eigenvalue weighted by Crippen LogP contribution is -2.32. The average Bonchev–Trinajstić information content (AvgIpc) is 2.61. The van der Waals surface area contributed by atoms with Gasteiger partial charge in [-0.05, 0) is 41.8 Å². The number of hydrogen-bond acceptors (Lipinski definition) is 4. The van der Waals surface area contributed by atoms with Gasteiger partial charge in [0.2, 0.25) is 5.91 Å². The van der Waals surface area contributed by atoms with Crippen molar-refractivity contribution in [1.82, 2.24) is 0 Å². The van der Waals surface area contributed by atoms with E-state index in [9.17, 15) is 14.7 Å². The third kappa shape index (κ3) is 3.97. The summed E-state index contributed by atoms with van der Waals surface area (Å²) in [5.74, 6) is -0.764. The number of carbonyl (C=O) groups is 2. The van der Waals surface area contributed by atoms with Crippen LogP contribution in [0.2, 0.25) is 0 Å². The van der Waals surface area contributed by atoms with E-state index in [-0.39, 0.29) is 24.0 Å². The third-order valence-electron chi connectivity index (χ3n) is 4.07. The first-order valence-corrected chi connectivity index (χ1v) is 7.94. The number of carbonyl (C=O) groups excluding carboxylic acids is 1. The van der Waals surface area contributed by atoms with E-state index in [0.29, 0.717) is 24.3 Å². The van der Waals surface area contributed by atoms with Gasteiger partial charge in [-0.3, -0.25) is 4.79 Å². The number of rotatable bonds is 5. The Bertz CT molecular complexity index is 802. The SMILES string of the molecule is COCc1cc(NC(=O)C2COc3ccccc3C2)cc(C(=O)O)c1. The molecule has 0 radical (unpaired) electrons. The summed E-state index contributed by atoms with van der Waals surface area (Å²) in [7, 11) is 1.53. The molecule has 25 heavy (non-hydrogen) atoms. The van der Waals surface area contributed by atoms with Gasteiger partial charge in [-0.2, -0.15) is 0 Å². The van der Waals surface area contributed by atoms with Gasteiger partial charge in [-0.25, -0.2) is 4.79 Å². The minimum absolute atomic E-state index is 0.107. The van der Waals surface area contributed by atoms with Gasteiger partial charge in [0.25, 0.3) is 0 Å². The molecule has 3 rings (SSSR count). The Balaban J connectivity index is 1.76. The first-order chi connectivity index (χ1) is 12.1. The first-order valence-electron chi connectivity index (χ1n) is 7.94. The minimum atomic E-state index is -1.05. The van der Waals surface area contributed by atoms with E-state index in [4.69, 9.17) is 9.47 Å². The number of para-hydroxylation sites is 1. The lowest BCUT2D eigenvalue weighted by molar-refractivity contribution is -0.121. The molecule has 0 saturated carbocycles. The van der Waals surface area contributed by atoms with Crippen molar-refractivity contribution < 1.29 is 24.2 Å². The quantitative estimate of drug-likeness (QED) is 0.873. The normalized spacial score (nSPS) is 15.8. The Kier molecular flexibility index (Phi) is 5.00. The number of anilines is 1. The smallest absolute Gasteiger partial charge is 0.335 e. The summed E-state index contributed by atoms with van der Waals surface area (Å²) in [6.07, 6.45) is 0.589. The number of aromatic carboxylic acids is 1. The van der Waals surface area contributed by atoms with Gasteiger partial charge in [0.15, 0.2) is 0 Å². The van der Waals surface area contributed by atoms with Crippen molar-refractivity contribution >= 4 is 17.6 Å². The van der Waals surface area contributed by atoms with Crippen LogP contribution in [-0.2, 0) is 22.6 Å². The van der Waals surface area contributed by atoms with Gasteiger partial charge in [-0.1, -0.05) is 18.2 Å². The molecule has 1 aliphatic heterocycles. The van der Waals surface area contributed by atoms with Crippen LogP contribution in [0.15, 0.2) is 42.5 Å². The molecular weight excluding hydrogens is 322 g/mol. The Morgan fingerprint density at radius 2 is 2.08 bits per heavy atom. The van der Waals surface area contributed by atoms with Gasteiger partial charge in [0.05, 0.1) is 18.1 Å². The molecule has 2 N–H and O–H groups in total. The van der Waals surface area contributed by atoms with Crippen LogP contribution in [0.5, 0.6) is 5.75 Å². The first kappa shape index (κ1) is 17.0. The van der Waals surface area contributed by atoms with Gasteiger partial charge < -0.3 is 19.9 Å². The number of carboxylic acid groups (broad SMARTS) is 1. The van der Waals surface area contributed by atoms with Crippen molar-refractivity contribution in [3.8, 4) is 5.75 Å². The molecule has 0 spiro atoms. The molecule has 1 heterocycles. The Hall–Kier alpha value is -2.86. The number of amides is 1. The van der Waals surface area contributed by atoms with Crippen LogP contribution in [0.1, 0.15) is 21.5 Å². The molecule has 1 unspecified atom stereocenters. The lowest BCUT2D eigenvalue weighted by atomic mass is 9.96. The Morgan fingerprint density at radius 1 is 1.28 bits per heavy atom. The molecule has 2 aromatic rings. The predicted molar refractivity (Wildman–Crippen MR) is 91.9 cm³/mol. The molecule has 0 aromatic heterocycles. The standard InChI is InChI=1S/C19H19NO5/c1-24-10-12-6-14(19(22)23)9-16(7-12)20-18(21)15-8-13-4-2-3-5-17(13)25-11-15/h2-7,9,15H,8,10-11H2,1H3,(H,20,21)(H,22,23). The number of ether oxygens (including phenoxy) is 2. The van der Waals surface area contributed by atoms with Crippen LogP contribution in [0.25, 0.3) is 0 Å². The van der Waals surface area contributed by atoms with Crippen LogP contribution in [0.4, 0.5) is 5.69 Å². The van der Waals surface area contributed by atoms with E-state index in [0.717, 1.165) is 11.3 Å². The molecule has 1 aliphatic rings. The highest BCUT2D eigenvalue weighted by Gasteiger charge is 2.26. The summed E-state index contributed by atoms with van der Waals surface area (Å²) in [4.78, 5) is 23.8. The maximum atomic E-state index is 12.6. The molecule has 0 saturated heterocycles. The summed E-state index contributed by atoms with van der Waals surface area (Å²) in [6.45, 7) is 0.566. The van der Waals surface area contributed by atoms with Gasteiger partial charge >= 0.3 is 5.97 Å². The summed E-state index contributed by atoms with van der Waals surface area (Å²) < 4.78 is 10.7. The minimum Gasteiger partial charge on any atom is -0.492 e. The molecule has 1 atom stereocenters. The largest absolute Gasteiger partial charge is 0.492 e. The molecule has 2 aromatic carbocycles. The maximum absolute atomic E-state index is 12.6. The number of methoxy groups -OCH3 is 1. The van der Waals surface area contributed by atoms with Crippen molar-refractivity contribution in [2.75, 3.05) is 19.0 Å². The zero-order valence-electron chi connectivity index (χ0n) is 13.8. The van der Waals surface area contributed by atoms with Gasteiger partial charge in [-0.15, -0.1) is 0 Å². The molecule has 130 valence electrons. The molecule has 1 amide bonds. The number of carboxylic acids is 1. The second-order valence-corrected chi connectivity index (χ2v) is 5.97. The Morgan fingerprint density at radius 3 is 2.84 bits per heavy atom. The zero-order chi connectivity index (χ0) is 17.8. The topological polar surface area (TPSA) is 84.9 Å². The summed E-state index contributed by atoms with van der Waals surface area (Å²) in [5.41, 5.74) is 2.22. The third-order valence-corrected chi connectivity index (χ3v) is 4.07. The number of hydrogen-bond donors (Lipinski definition) is 2. The lowest BCUT2D eigenvalue weighted by Gasteiger charge is -2.24. The van der Waals surface area contributed by atoms with Crippen molar-refractivity contribution in [1.29, 1.82) is 0 Å². The highest BCUT2D eigenvalue weighted by Crippen LogP contribution is 2.27. The van der Waals surface area contributed by atoms with Crippen LogP contribution in [-0.4, -0.2) is 30.7 Å². The van der Waals surface area contributed by atoms with Crippen LogP contribution in [0.3, 0.4) is 0 Å². The number of nitrogens with one attached hydrogen (secondary N) is 1. The summed E-state index contributed by atoms with van der Waals surface area (Å²) in [5, 5.41) is 12.0. The van der Waals surface area contributed by atoms with E-state index in [1.54, 1.807) is 6.07 Å². The summed E-state index contributed by atoms with van der Waals surface area (Å²) >= 11 is 0. The predicted octanol–water partition coefficient (Wildman–Crippen LogP) is 2.72. The van der Waals surface area contributed by atoms with Crippen LogP contribution < -0.4 is 10.1 Å². The molecule has 0 fully saturated rings. The highest BCUT2D eigenvalue weighted by molar-refractivity contribution is 5.95. The Labute approximate surface area is 145 Å². The van der Waals surface area contributed by atoms with Crippen LogP contribution in [0, 0.1) is 5.92 Å². The van der Waals surface area contributed by atoms with Crippen molar-refractivity contribution in [3.05, 3.63) is 59.2 Å². The second kappa shape index (κ2) is 7.36. The fraction of sp³-hybridized carbons (Fsp3) is 0.263. The van der Waals surface area contributed by atoms with E-state index >= 15 is 0 Å². The molecule has 0 aliphatic carbocycles. The van der Waals surface area contributed by atoms with E-state index in [1.165, 1.54) is 19.2 Å². The van der Waals surface area contributed by atoms with Gasteiger partial charge in [0.1, 0.15) is 12.4 Å². The molecule has 6 nitrogen and oxygen atoms in total. The zero-order valence-corrected chi connectivity index (χ0v) is 13.8. The maximum Gasteiger partial charge on any atom is 0.335 e. The molecular formula is C19H19NO5. The van der Waals surface area contributed by atoms with E-state index in [1.807, 2.05) is 24.3 Å². The number of fused-ring (bicyclic) bond motifs is 1. The molecule has 6 heteroatoms. The number of benzene rings is 2. The average molecular weight is 341 g/mol. The summed E-state index contributed by atoms with van der Waals surface area (Å²) in [6, 6.07) is 12.3. The van der Waals surface area contributed by atoms with E-state index < -0.39 is 5.97 Å². The highest BCUT2D eigenvalue weighted by atomic mass is 16.5. The van der Waals surface area contributed by atoms with Crippen molar-refractivity contribution in [2.24, 2.45) is 5.92 Å². The molecule has 0 bridgehead atoms. The van der Waals surface area contributed by atoms with Crippen LogP contribution >= 0.6 is 0 Å². The monoisotopic (exact) mass is 341 g/mol. The van der Waals surface area contributed by atoms with Crippen molar-refractivity contribution in [3.63, 3.8) is 0 Å².